The van der Waals surface area contributed by atoms with E-state index in [0.717, 1.165) is 10.2 Å². The number of carbonyl (C=O) groups excluding carboxylic acids is 2. The zero-order valence-corrected chi connectivity index (χ0v) is 13.0. The summed E-state index contributed by atoms with van der Waals surface area (Å²) in [6.45, 7) is 3.00. The number of benzene rings is 1. The number of anilines is 1. The summed E-state index contributed by atoms with van der Waals surface area (Å²) in [7, 11) is 0. The molecule has 5 nitrogen and oxygen atoms in total. The van der Waals surface area contributed by atoms with Gasteiger partial charge in [0.1, 0.15) is 0 Å². The molecule has 0 spiro atoms. The number of carbonyl (C=O) groups is 2. The van der Waals surface area contributed by atoms with E-state index in [1.54, 1.807) is 6.92 Å². The number of ether oxygens (including phenoxy) is 1. The zero-order valence-electron chi connectivity index (χ0n) is 11.4. The van der Waals surface area contributed by atoms with E-state index in [1.165, 1.54) is 0 Å². The third-order valence-corrected chi connectivity index (χ3v) is 2.93. The largest absolute Gasteiger partial charge is 0.466 e. The Kier molecular flexibility index (Phi) is 7.91. The predicted molar refractivity (Wildman–Crippen MR) is 81.5 cm³/mol. The van der Waals surface area contributed by atoms with Crippen molar-refractivity contribution < 1.29 is 14.3 Å². The zero-order chi connectivity index (χ0) is 14.8. The molecule has 0 saturated carbocycles. The van der Waals surface area contributed by atoms with E-state index >= 15 is 0 Å². The number of nitrogens with one attached hydrogen (secondary N) is 2. The minimum atomic E-state index is -0.201. The molecule has 1 amide bonds. The van der Waals surface area contributed by atoms with E-state index in [2.05, 4.69) is 26.6 Å². The molecule has 0 aliphatic rings. The van der Waals surface area contributed by atoms with E-state index in [0.29, 0.717) is 26.0 Å². The van der Waals surface area contributed by atoms with Crippen molar-refractivity contribution in [2.45, 2.75) is 19.8 Å². The molecule has 0 fully saturated rings. The van der Waals surface area contributed by atoms with Crippen molar-refractivity contribution in [1.82, 2.24) is 5.32 Å². The van der Waals surface area contributed by atoms with Crippen LogP contribution in [0, 0.1) is 0 Å². The number of amides is 1. The second-order valence-electron chi connectivity index (χ2n) is 4.14. The molecular formula is C14H19BrN2O3. The van der Waals surface area contributed by atoms with Crippen molar-refractivity contribution in [3.63, 3.8) is 0 Å². The number of hydrogen-bond acceptors (Lipinski definition) is 4. The highest BCUT2D eigenvalue weighted by atomic mass is 79.9. The number of hydrogen-bond donors (Lipinski definition) is 2. The number of halogens is 1. The topological polar surface area (TPSA) is 67.4 Å². The van der Waals surface area contributed by atoms with Crippen molar-refractivity contribution in [3.8, 4) is 0 Å². The first kappa shape index (κ1) is 16.7. The SMILES string of the molecule is CCOC(=O)CCCNCC(=O)Nc1cccc(Br)c1. The summed E-state index contributed by atoms with van der Waals surface area (Å²) in [6.07, 6.45) is 1.02. The quantitative estimate of drug-likeness (QED) is 0.562. The Morgan fingerprint density at radius 2 is 2.15 bits per heavy atom. The van der Waals surface area contributed by atoms with Gasteiger partial charge in [-0.15, -0.1) is 0 Å². The fourth-order valence-electron chi connectivity index (χ4n) is 1.56. The summed E-state index contributed by atoms with van der Waals surface area (Å²) in [6, 6.07) is 7.40. The molecule has 0 saturated heterocycles. The van der Waals surface area contributed by atoms with Gasteiger partial charge in [0.25, 0.3) is 0 Å². The van der Waals surface area contributed by atoms with E-state index in [-0.39, 0.29) is 18.4 Å². The summed E-state index contributed by atoms with van der Waals surface area (Å²) in [5.41, 5.74) is 0.748. The fourth-order valence-corrected chi connectivity index (χ4v) is 1.96. The van der Waals surface area contributed by atoms with Gasteiger partial charge in [0, 0.05) is 16.6 Å². The van der Waals surface area contributed by atoms with Gasteiger partial charge in [0.15, 0.2) is 0 Å². The molecule has 110 valence electrons. The lowest BCUT2D eigenvalue weighted by Crippen LogP contribution is -2.29. The lowest BCUT2D eigenvalue weighted by atomic mass is 10.3. The smallest absolute Gasteiger partial charge is 0.305 e. The molecule has 0 bridgehead atoms. The molecule has 1 aromatic carbocycles. The van der Waals surface area contributed by atoms with Crippen LogP contribution in [-0.4, -0.2) is 31.6 Å². The van der Waals surface area contributed by atoms with E-state index in [1.807, 2.05) is 24.3 Å². The maximum atomic E-state index is 11.6. The lowest BCUT2D eigenvalue weighted by molar-refractivity contribution is -0.143. The van der Waals surface area contributed by atoms with Crippen LogP contribution in [0.4, 0.5) is 5.69 Å². The monoisotopic (exact) mass is 342 g/mol. The van der Waals surface area contributed by atoms with Gasteiger partial charge in [-0.1, -0.05) is 22.0 Å². The molecule has 6 heteroatoms. The Morgan fingerprint density at radius 3 is 2.85 bits per heavy atom. The highest BCUT2D eigenvalue weighted by Gasteiger charge is 2.03. The highest BCUT2D eigenvalue weighted by molar-refractivity contribution is 9.10. The lowest BCUT2D eigenvalue weighted by Gasteiger charge is -2.07. The predicted octanol–water partition coefficient (Wildman–Crippen LogP) is 2.32. The van der Waals surface area contributed by atoms with Crippen molar-refractivity contribution in [3.05, 3.63) is 28.7 Å². The molecule has 0 unspecified atom stereocenters. The second kappa shape index (κ2) is 9.50. The Labute approximate surface area is 127 Å². The third kappa shape index (κ3) is 7.25. The number of esters is 1. The van der Waals surface area contributed by atoms with Gasteiger partial charge in [-0.2, -0.15) is 0 Å². The van der Waals surface area contributed by atoms with Crippen LogP contribution in [0.25, 0.3) is 0 Å². The van der Waals surface area contributed by atoms with E-state index < -0.39 is 0 Å². The van der Waals surface area contributed by atoms with Crippen molar-refractivity contribution >= 4 is 33.5 Å². The first-order valence-electron chi connectivity index (χ1n) is 6.53. The molecule has 1 rings (SSSR count). The van der Waals surface area contributed by atoms with Gasteiger partial charge >= 0.3 is 5.97 Å². The Balaban J connectivity index is 2.13. The molecule has 0 aliphatic heterocycles. The fraction of sp³-hybridized carbons (Fsp3) is 0.429. The van der Waals surface area contributed by atoms with Gasteiger partial charge in [0.2, 0.25) is 5.91 Å². The number of rotatable bonds is 8. The Hall–Kier alpha value is -1.40. The normalized spacial score (nSPS) is 10.1. The molecule has 20 heavy (non-hydrogen) atoms. The van der Waals surface area contributed by atoms with E-state index in [9.17, 15) is 9.59 Å². The molecule has 0 heterocycles. The maximum Gasteiger partial charge on any atom is 0.305 e. The molecule has 1 aromatic rings. The van der Waals surface area contributed by atoms with Crippen LogP contribution in [0.2, 0.25) is 0 Å². The van der Waals surface area contributed by atoms with Crippen molar-refractivity contribution in [2.75, 3.05) is 25.0 Å². The van der Waals surface area contributed by atoms with Crippen molar-refractivity contribution in [1.29, 1.82) is 0 Å². The van der Waals surface area contributed by atoms with Crippen LogP contribution >= 0.6 is 15.9 Å². The van der Waals surface area contributed by atoms with Gasteiger partial charge < -0.3 is 15.4 Å². The summed E-state index contributed by atoms with van der Waals surface area (Å²) >= 11 is 3.34. The third-order valence-electron chi connectivity index (χ3n) is 2.43. The van der Waals surface area contributed by atoms with Crippen LogP contribution in [0.5, 0.6) is 0 Å². The average Bonchev–Trinajstić information content (AvgIpc) is 2.38. The van der Waals surface area contributed by atoms with Crippen LogP contribution < -0.4 is 10.6 Å². The Bertz CT molecular complexity index is 452. The van der Waals surface area contributed by atoms with Crippen LogP contribution in [0.3, 0.4) is 0 Å². The molecule has 0 radical (unpaired) electrons. The van der Waals surface area contributed by atoms with Crippen LogP contribution in [0.15, 0.2) is 28.7 Å². The average molecular weight is 343 g/mol. The van der Waals surface area contributed by atoms with Gasteiger partial charge in [-0.05, 0) is 38.1 Å². The van der Waals surface area contributed by atoms with E-state index in [4.69, 9.17) is 4.74 Å². The highest BCUT2D eigenvalue weighted by Crippen LogP contribution is 2.15. The minimum absolute atomic E-state index is 0.112. The molecule has 2 N–H and O–H groups in total. The van der Waals surface area contributed by atoms with Crippen molar-refractivity contribution in [2.24, 2.45) is 0 Å². The molecule has 0 aromatic heterocycles. The summed E-state index contributed by atoms with van der Waals surface area (Å²) in [4.78, 5) is 22.7. The first-order valence-corrected chi connectivity index (χ1v) is 7.33. The standard InChI is InChI=1S/C14H19BrN2O3/c1-2-20-14(19)7-4-8-16-10-13(18)17-12-6-3-5-11(15)9-12/h3,5-6,9,16H,2,4,7-8,10H2,1H3,(H,17,18). The van der Waals surface area contributed by atoms with Gasteiger partial charge in [-0.25, -0.2) is 0 Å². The first-order chi connectivity index (χ1) is 9.61. The second-order valence-corrected chi connectivity index (χ2v) is 5.06. The molecular weight excluding hydrogens is 324 g/mol. The minimum Gasteiger partial charge on any atom is -0.466 e. The maximum absolute atomic E-state index is 11.6. The molecule has 0 aliphatic carbocycles. The molecule has 0 atom stereocenters. The van der Waals surface area contributed by atoms with Crippen LogP contribution in [0.1, 0.15) is 19.8 Å². The summed E-state index contributed by atoms with van der Waals surface area (Å²) < 4.78 is 5.72. The Morgan fingerprint density at radius 1 is 1.35 bits per heavy atom. The van der Waals surface area contributed by atoms with Crippen LogP contribution in [-0.2, 0) is 14.3 Å². The summed E-state index contributed by atoms with van der Waals surface area (Å²) in [5.74, 6) is -0.313. The van der Waals surface area contributed by atoms with Gasteiger partial charge in [-0.3, -0.25) is 9.59 Å². The van der Waals surface area contributed by atoms with Gasteiger partial charge in [0.05, 0.1) is 13.2 Å². The summed E-state index contributed by atoms with van der Waals surface area (Å²) in [5, 5.41) is 5.77.